The van der Waals surface area contributed by atoms with Crippen molar-refractivity contribution in [1.29, 1.82) is 0 Å². The van der Waals surface area contributed by atoms with Gasteiger partial charge < -0.3 is 4.74 Å². The number of hydrogen-bond donors (Lipinski definition) is 2. The molecule has 0 saturated carbocycles. The van der Waals surface area contributed by atoms with E-state index in [-0.39, 0.29) is 24.8 Å². The van der Waals surface area contributed by atoms with Crippen LogP contribution in [0, 0.1) is 0 Å². The van der Waals surface area contributed by atoms with Crippen LogP contribution in [0.3, 0.4) is 0 Å². The van der Waals surface area contributed by atoms with E-state index in [9.17, 15) is 19.2 Å². The fraction of sp³-hybridized carbons (Fsp3) is 0.182. The summed E-state index contributed by atoms with van der Waals surface area (Å²) in [6, 6.07) is 9.84. The van der Waals surface area contributed by atoms with E-state index in [1.807, 2.05) is 0 Å². The number of carbonyl (C=O) groups is 4. The largest absolute Gasteiger partial charge is 0.465 e. The first kappa shape index (κ1) is 24.1. The number of methoxy groups -OCH3 is 1. The third-order valence-electron chi connectivity index (χ3n) is 4.53. The normalized spacial score (nSPS) is 14.3. The number of thioether (sulfide) groups is 1. The van der Waals surface area contributed by atoms with E-state index >= 15 is 0 Å². The standard InChI is InChI=1S/C22H20N4O5S2/c1-31-21(30)15-8-6-14(7-9-15)12-17-20(29)26(22(32)33-17)11-3-5-18(27)24-25-19(28)16-4-2-10-23-13-16/h2,4,6-10,12-13H,3,5,11H2,1H3,(H,24,27)(H,25,28)/b17-12-. The van der Waals surface area contributed by atoms with Crippen molar-refractivity contribution in [3.63, 3.8) is 0 Å². The second-order valence-electron chi connectivity index (χ2n) is 6.79. The molecule has 33 heavy (non-hydrogen) atoms. The number of esters is 1. The summed E-state index contributed by atoms with van der Waals surface area (Å²) in [6.45, 7) is 0.271. The van der Waals surface area contributed by atoms with Crippen molar-refractivity contribution in [2.45, 2.75) is 12.8 Å². The number of benzene rings is 1. The van der Waals surface area contributed by atoms with Gasteiger partial charge in [0.2, 0.25) is 5.91 Å². The summed E-state index contributed by atoms with van der Waals surface area (Å²) < 4.78 is 5.07. The summed E-state index contributed by atoms with van der Waals surface area (Å²) in [4.78, 5) is 53.9. The molecule has 0 unspecified atom stereocenters. The van der Waals surface area contributed by atoms with Crippen molar-refractivity contribution in [3.05, 3.63) is 70.4 Å². The quantitative estimate of drug-likeness (QED) is 0.266. The zero-order valence-electron chi connectivity index (χ0n) is 17.6. The molecule has 2 aromatic rings. The zero-order chi connectivity index (χ0) is 23.8. The number of rotatable bonds is 7. The third-order valence-corrected chi connectivity index (χ3v) is 5.91. The van der Waals surface area contributed by atoms with Gasteiger partial charge in [-0.15, -0.1) is 0 Å². The number of carbonyl (C=O) groups excluding carboxylic acids is 4. The highest BCUT2D eigenvalue weighted by atomic mass is 32.2. The number of amides is 3. The molecule has 1 saturated heterocycles. The summed E-state index contributed by atoms with van der Waals surface area (Å²) in [5.41, 5.74) is 6.13. The molecule has 1 aromatic heterocycles. The molecule has 1 aromatic carbocycles. The fourth-order valence-corrected chi connectivity index (χ4v) is 4.14. The van der Waals surface area contributed by atoms with Crippen LogP contribution >= 0.6 is 24.0 Å². The van der Waals surface area contributed by atoms with Crippen LogP contribution in [0.5, 0.6) is 0 Å². The zero-order valence-corrected chi connectivity index (χ0v) is 19.2. The Morgan fingerprint density at radius 2 is 1.91 bits per heavy atom. The molecule has 11 heteroatoms. The Morgan fingerprint density at radius 3 is 2.58 bits per heavy atom. The highest BCUT2D eigenvalue weighted by Crippen LogP contribution is 2.32. The molecule has 9 nitrogen and oxygen atoms in total. The number of hydrazine groups is 1. The van der Waals surface area contributed by atoms with Gasteiger partial charge in [-0.05, 0) is 42.3 Å². The highest BCUT2D eigenvalue weighted by Gasteiger charge is 2.31. The van der Waals surface area contributed by atoms with Gasteiger partial charge in [-0.1, -0.05) is 36.1 Å². The van der Waals surface area contributed by atoms with Gasteiger partial charge in [0.15, 0.2) is 0 Å². The molecule has 0 atom stereocenters. The molecular formula is C22H20N4O5S2. The van der Waals surface area contributed by atoms with Crippen LogP contribution in [0.25, 0.3) is 6.08 Å². The monoisotopic (exact) mass is 484 g/mol. The van der Waals surface area contributed by atoms with Crippen LogP contribution in [-0.4, -0.2) is 51.5 Å². The van der Waals surface area contributed by atoms with Crippen molar-refractivity contribution in [1.82, 2.24) is 20.7 Å². The third kappa shape index (κ3) is 6.46. The van der Waals surface area contributed by atoms with Crippen LogP contribution in [-0.2, 0) is 14.3 Å². The molecule has 3 rings (SSSR count). The molecule has 1 aliphatic heterocycles. The minimum Gasteiger partial charge on any atom is -0.465 e. The lowest BCUT2D eigenvalue weighted by atomic mass is 10.1. The van der Waals surface area contributed by atoms with Gasteiger partial charge in [-0.3, -0.25) is 35.1 Å². The molecule has 170 valence electrons. The Balaban J connectivity index is 1.47. The van der Waals surface area contributed by atoms with Crippen LogP contribution < -0.4 is 10.9 Å². The minimum absolute atomic E-state index is 0.0957. The van der Waals surface area contributed by atoms with E-state index in [0.29, 0.717) is 26.8 Å². The van der Waals surface area contributed by atoms with Crippen LogP contribution in [0.4, 0.5) is 0 Å². The van der Waals surface area contributed by atoms with Crippen molar-refractivity contribution < 1.29 is 23.9 Å². The van der Waals surface area contributed by atoms with Crippen LogP contribution in [0.1, 0.15) is 39.1 Å². The van der Waals surface area contributed by atoms with E-state index in [2.05, 4.69) is 20.6 Å². The average Bonchev–Trinajstić information content (AvgIpc) is 3.10. The number of thiocarbonyl (C=S) groups is 1. The van der Waals surface area contributed by atoms with Gasteiger partial charge >= 0.3 is 5.97 Å². The Hall–Kier alpha value is -3.57. The van der Waals surface area contributed by atoms with Crippen molar-refractivity contribution in [2.75, 3.05) is 13.7 Å². The molecule has 1 fully saturated rings. The lowest BCUT2D eigenvalue weighted by molar-refractivity contribution is -0.124. The topological polar surface area (TPSA) is 118 Å². The number of aromatic nitrogens is 1. The van der Waals surface area contributed by atoms with E-state index in [1.165, 1.54) is 30.0 Å². The maximum atomic E-state index is 12.7. The molecule has 3 amide bonds. The molecule has 0 aliphatic carbocycles. The molecule has 1 aliphatic rings. The number of nitrogens with one attached hydrogen (secondary N) is 2. The lowest BCUT2D eigenvalue weighted by Gasteiger charge is -2.14. The predicted octanol–water partition coefficient (Wildman–Crippen LogP) is 2.31. The minimum atomic E-state index is -0.474. The number of hydrogen-bond acceptors (Lipinski definition) is 8. The van der Waals surface area contributed by atoms with Gasteiger partial charge in [0.05, 0.1) is 23.1 Å². The number of nitrogens with zero attached hydrogens (tertiary/aromatic N) is 2. The van der Waals surface area contributed by atoms with E-state index in [0.717, 1.165) is 5.56 Å². The second kappa shape index (κ2) is 11.3. The van der Waals surface area contributed by atoms with Gasteiger partial charge in [0.25, 0.3) is 11.8 Å². The van der Waals surface area contributed by atoms with E-state index in [4.69, 9.17) is 12.2 Å². The van der Waals surface area contributed by atoms with Crippen molar-refractivity contribution >= 4 is 58.1 Å². The first-order valence-corrected chi connectivity index (χ1v) is 11.0. The maximum absolute atomic E-state index is 12.7. The van der Waals surface area contributed by atoms with Crippen LogP contribution in [0.2, 0.25) is 0 Å². The predicted molar refractivity (Wildman–Crippen MR) is 127 cm³/mol. The first-order valence-electron chi connectivity index (χ1n) is 9.82. The van der Waals surface area contributed by atoms with Crippen LogP contribution in [0.15, 0.2) is 53.7 Å². The number of pyridine rings is 1. The summed E-state index contributed by atoms with van der Waals surface area (Å²) in [5, 5.41) is 0. The Labute approximate surface area is 199 Å². The van der Waals surface area contributed by atoms with Gasteiger partial charge in [0, 0.05) is 25.4 Å². The summed E-state index contributed by atoms with van der Waals surface area (Å²) in [7, 11) is 1.31. The summed E-state index contributed by atoms with van der Waals surface area (Å²) in [5.74, 6) is -1.54. The molecule has 0 radical (unpaired) electrons. The van der Waals surface area contributed by atoms with E-state index in [1.54, 1.807) is 48.7 Å². The second-order valence-corrected chi connectivity index (χ2v) is 8.47. The van der Waals surface area contributed by atoms with E-state index < -0.39 is 11.9 Å². The molecule has 0 spiro atoms. The molecule has 0 bridgehead atoms. The van der Waals surface area contributed by atoms with Gasteiger partial charge in [-0.2, -0.15) is 0 Å². The molecule has 2 N–H and O–H groups in total. The van der Waals surface area contributed by atoms with Crippen molar-refractivity contribution in [2.24, 2.45) is 0 Å². The highest BCUT2D eigenvalue weighted by molar-refractivity contribution is 8.26. The van der Waals surface area contributed by atoms with Gasteiger partial charge in [-0.25, -0.2) is 4.79 Å². The lowest BCUT2D eigenvalue weighted by Crippen LogP contribution is -2.42. The molecule has 2 heterocycles. The molecular weight excluding hydrogens is 464 g/mol. The maximum Gasteiger partial charge on any atom is 0.337 e. The number of ether oxygens (including phenoxy) is 1. The van der Waals surface area contributed by atoms with Gasteiger partial charge in [0.1, 0.15) is 4.32 Å². The SMILES string of the molecule is COC(=O)c1ccc(/C=C2\SC(=S)N(CCCC(=O)NNC(=O)c3cccnc3)C2=O)cc1. The summed E-state index contributed by atoms with van der Waals surface area (Å²) in [6.07, 6.45) is 5.08. The summed E-state index contributed by atoms with van der Waals surface area (Å²) >= 11 is 6.48. The Kier molecular flexibility index (Phi) is 8.28. The first-order chi connectivity index (χ1) is 15.9. The average molecular weight is 485 g/mol. The smallest absolute Gasteiger partial charge is 0.337 e. The fourth-order valence-electron chi connectivity index (χ4n) is 2.83. The van der Waals surface area contributed by atoms with Crippen molar-refractivity contribution in [3.8, 4) is 0 Å². The Bertz CT molecular complexity index is 1100. The Morgan fingerprint density at radius 1 is 1.15 bits per heavy atom.